The molecule has 1 unspecified atom stereocenters. The van der Waals surface area contributed by atoms with Crippen molar-refractivity contribution in [1.82, 2.24) is 10.3 Å². The number of halogens is 1. The molecular formula is C17H17FN2O3. The molecule has 1 atom stereocenters. The van der Waals surface area contributed by atoms with Gasteiger partial charge in [0.25, 0.3) is 5.91 Å². The molecule has 5 nitrogen and oxygen atoms in total. The van der Waals surface area contributed by atoms with Crippen LogP contribution in [-0.2, 0) is 11.3 Å². The number of hydrogen-bond donors (Lipinski definition) is 1. The van der Waals surface area contributed by atoms with Crippen LogP contribution in [0.15, 0.2) is 42.6 Å². The number of ether oxygens (including phenoxy) is 2. The molecule has 1 N–H and O–H groups in total. The van der Waals surface area contributed by atoms with E-state index in [1.54, 1.807) is 24.3 Å². The standard InChI is InChI=1S/C17H17FN2O3/c18-14-4-1-12(2-5-14)9-20-17(21)13-3-6-16(19-10-13)23-15-7-8-22-11-15/h1-6,10,15H,7-9,11H2,(H,20,21). The van der Waals surface area contributed by atoms with Crippen LogP contribution in [0.3, 0.4) is 0 Å². The summed E-state index contributed by atoms with van der Waals surface area (Å²) >= 11 is 0. The Bertz CT molecular complexity index is 653. The van der Waals surface area contributed by atoms with Crippen LogP contribution in [0.1, 0.15) is 22.3 Å². The van der Waals surface area contributed by atoms with Crippen LogP contribution in [0.2, 0.25) is 0 Å². The molecule has 1 aromatic heterocycles. The average Bonchev–Trinajstić information content (AvgIpc) is 3.08. The van der Waals surface area contributed by atoms with E-state index in [1.807, 2.05) is 0 Å². The first kappa shape index (κ1) is 15.4. The lowest BCUT2D eigenvalue weighted by Crippen LogP contribution is -2.23. The fourth-order valence-corrected chi connectivity index (χ4v) is 2.25. The van der Waals surface area contributed by atoms with E-state index < -0.39 is 0 Å². The maximum atomic E-state index is 12.8. The van der Waals surface area contributed by atoms with E-state index in [0.717, 1.165) is 12.0 Å². The zero-order chi connectivity index (χ0) is 16.1. The Morgan fingerprint density at radius 1 is 1.30 bits per heavy atom. The summed E-state index contributed by atoms with van der Waals surface area (Å²) in [5.41, 5.74) is 1.27. The monoisotopic (exact) mass is 316 g/mol. The second kappa shape index (κ2) is 7.19. The van der Waals surface area contributed by atoms with E-state index in [1.165, 1.54) is 18.3 Å². The Morgan fingerprint density at radius 3 is 2.78 bits per heavy atom. The third-order valence-corrected chi connectivity index (χ3v) is 3.54. The molecule has 0 bridgehead atoms. The molecule has 6 heteroatoms. The summed E-state index contributed by atoms with van der Waals surface area (Å²) < 4.78 is 23.7. The van der Waals surface area contributed by atoms with E-state index in [4.69, 9.17) is 9.47 Å². The molecule has 3 rings (SSSR count). The van der Waals surface area contributed by atoms with Gasteiger partial charge in [-0.1, -0.05) is 12.1 Å². The van der Waals surface area contributed by atoms with Crippen LogP contribution in [0.4, 0.5) is 4.39 Å². The molecule has 0 radical (unpaired) electrons. The van der Waals surface area contributed by atoms with Gasteiger partial charge in [0.2, 0.25) is 5.88 Å². The lowest BCUT2D eigenvalue weighted by molar-refractivity contribution is 0.0950. The molecule has 120 valence electrons. The summed E-state index contributed by atoms with van der Waals surface area (Å²) in [6.45, 7) is 1.60. The highest BCUT2D eigenvalue weighted by atomic mass is 19.1. The fraction of sp³-hybridized carbons (Fsp3) is 0.294. The molecule has 2 aromatic rings. The summed E-state index contributed by atoms with van der Waals surface area (Å²) in [4.78, 5) is 16.2. The predicted octanol–water partition coefficient (Wildman–Crippen LogP) is 2.32. The second-order valence-corrected chi connectivity index (χ2v) is 5.30. The van der Waals surface area contributed by atoms with Crippen LogP contribution in [0.5, 0.6) is 5.88 Å². The largest absolute Gasteiger partial charge is 0.472 e. The number of nitrogens with zero attached hydrogens (tertiary/aromatic N) is 1. The highest BCUT2D eigenvalue weighted by Gasteiger charge is 2.17. The Balaban J connectivity index is 1.53. The normalized spacial score (nSPS) is 17.0. The van der Waals surface area contributed by atoms with Gasteiger partial charge in [0.05, 0.1) is 18.8 Å². The van der Waals surface area contributed by atoms with Crippen molar-refractivity contribution < 1.29 is 18.7 Å². The zero-order valence-electron chi connectivity index (χ0n) is 12.5. The van der Waals surface area contributed by atoms with Crippen molar-refractivity contribution in [3.63, 3.8) is 0 Å². The number of hydrogen-bond acceptors (Lipinski definition) is 4. The number of carbonyl (C=O) groups excluding carboxylic acids is 1. The van der Waals surface area contributed by atoms with Crippen molar-refractivity contribution in [3.8, 4) is 5.88 Å². The highest BCUT2D eigenvalue weighted by molar-refractivity contribution is 5.93. The van der Waals surface area contributed by atoms with E-state index in [-0.39, 0.29) is 17.8 Å². The minimum absolute atomic E-state index is 0.0284. The van der Waals surface area contributed by atoms with Crippen molar-refractivity contribution >= 4 is 5.91 Å². The summed E-state index contributed by atoms with van der Waals surface area (Å²) in [7, 11) is 0. The fourth-order valence-electron chi connectivity index (χ4n) is 2.25. The van der Waals surface area contributed by atoms with E-state index in [0.29, 0.717) is 31.2 Å². The molecular weight excluding hydrogens is 299 g/mol. The molecule has 0 spiro atoms. The SMILES string of the molecule is O=C(NCc1ccc(F)cc1)c1ccc(OC2CCOC2)nc1. The number of pyridine rings is 1. The third kappa shape index (κ3) is 4.26. The number of rotatable bonds is 5. The Kier molecular flexibility index (Phi) is 4.83. The first-order valence-corrected chi connectivity index (χ1v) is 7.44. The highest BCUT2D eigenvalue weighted by Crippen LogP contribution is 2.14. The number of aromatic nitrogens is 1. The van der Waals surface area contributed by atoms with E-state index in [2.05, 4.69) is 10.3 Å². The van der Waals surface area contributed by atoms with Gasteiger partial charge < -0.3 is 14.8 Å². The smallest absolute Gasteiger partial charge is 0.253 e. The number of carbonyl (C=O) groups is 1. The third-order valence-electron chi connectivity index (χ3n) is 3.54. The summed E-state index contributed by atoms with van der Waals surface area (Å²) in [6.07, 6.45) is 2.35. The van der Waals surface area contributed by atoms with Crippen LogP contribution in [-0.4, -0.2) is 30.2 Å². The quantitative estimate of drug-likeness (QED) is 0.919. The Morgan fingerprint density at radius 2 is 2.13 bits per heavy atom. The zero-order valence-corrected chi connectivity index (χ0v) is 12.5. The summed E-state index contributed by atoms with van der Waals surface area (Å²) in [5.74, 6) is -0.0549. The van der Waals surface area contributed by atoms with Crippen molar-refractivity contribution in [2.75, 3.05) is 13.2 Å². The first-order chi connectivity index (χ1) is 11.2. The minimum atomic E-state index is -0.299. The maximum absolute atomic E-state index is 12.8. The molecule has 23 heavy (non-hydrogen) atoms. The molecule has 1 aliphatic heterocycles. The van der Waals surface area contributed by atoms with Crippen molar-refractivity contribution in [2.45, 2.75) is 19.1 Å². The Hall–Kier alpha value is -2.47. The van der Waals surface area contributed by atoms with Gasteiger partial charge in [-0.2, -0.15) is 0 Å². The number of amides is 1. The molecule has 1 aliphatic rings. The van der Waals surface area contributed by atoms with Crippen molar-refractivity contribution in [3.05, 3.63) is 59.5 Å². The van der Waals surface area contributed by atoms with Crippen molar-refractivity contribution in [2.24, 2.45) is 0 Å². The van der Waals surface area contributed by atoms with Gasteiger partial charge in [0.1, 0.15) is 11.9 Å². The molecule has 1 fully saturated rings. The molecule has 1 amide bonds. The van der Waals surface area contributed by atoms with Crippen LogP contribution in [0, 0.1) is 5.82 Å². The van der Waals surface area contributed by atoms with Gasteiger partial charge in [-0.3, -0.25) is 4.79 Å². The van der Waals surface area contributed by atoms with Gasteiger partial charge >= 0.3 is 0 Å². The van der Waals surface area contributed by atoms with Crippen LogP contribution in [0.25, 0.3) is 0 Å². The van der Waals surface area contributed by atoms with Gasteiger partial charge in [-0.25, -0.2) is 9.37 Å². The van der Waals surface area contributed by atoms with Gasteiger partial charge in [0.15, 0.2) is 0 Å². The van der Waals surface area contributed by atoms with E-state index in [9.17, 15) is 9.18 Å². The van der Waals surface area contributed by atoms with Gasteiger partial charge in [-0.15, -0.1) is 0 Å². The Labute approximate surface area is 133 Å². The summed E-state index contributed by atoms with van der Waals surface area (Å²) in [6, 6.07) is 9.33. The maximum Gasteiger partial charge on any atom is 0.253 e. The average molecular weight is 316 g/mol. The van der Waals surface area contributed by atoms with E-state index >= 15 is 0 Å². The number of nitrogens with one attached hydrogen (secondary N) is 1. The molecule has 0 aliphatic carbocycles. The molecule has 1 saturated heterocycles. The van der Waals surface area contributed by atoms with Gasteiger partial charge in [0, 0.05) is 25.2 Å². The first-order valence-electron chi connectivity index (χ1n) is 7.44. The van der Waals surface area contributed by atoms with Crippen molar-refractivity contribution in [1.29, 1.82) is 0 Å². The second-order valence-electron chi connectivity index (χ2n) is 5.30. The lowest BCUT2D eigenvalue weighted by Gasteiger charge is -2.11. The van der Waals surface area contributed by atoms with Gasteiger partial charge in [-0.05, 0) is 23.8 Å². The molecule has 1 aromatic carbocycles. The number of benzene rings is 1. The molecule has 0 saturated carbocycles. The molecule has 2 heterocycles. The minimum Gasteiger partial charge on any atom is -0.472 e. The predicted molar refractivity (Wildman–Crippen MR) is 81.7 cm³/mol. The van der Waals surface area contributed by atoms with Crippen LogP contribution < -0.4 is 10.1 Å². The lowest BCUT2D eigenvalue weighted by atomic mass is 10.2. The van der Waals surface area contributed by atoms with Crippen LogP contribution >= 0.6 is 0 Å². The summed E-state index contributed by atoms with van der Waals surface area (Å²) in [5, 5.41) is 2.77. The topological polar surface area (TPSA) is 60.5 Å².